The molecule has 2 heterocycles. The van der Waals surface area contributed by atoms with Crippen molar-refractivity contribution in [3.05, 3.63) is 82.4 Å². The van der Waals surface area contributed by atoms with E-state index in [1.165, 1.54) is 17.7 Å². The van der Waals surface area contributed by atoms with Crippen molar-refractivity contribution in [3.8, 4) is 22.6 Å². The van der Waals surface area contributed by atoms with E-state index in [0.717, 1.165) is 12.1 Å². The zero-order chi connectivity index (χ0) is 24.4. The molecule has 0 amide bonds. The highest BCUT2D eigenvalue weighted by Crippen LogP contribution is 2.39. The molecule has 4 aromatic rings. The molecule has 178 valence electrons. The number of ether oxygens (including phenoxy) is 2. The standard InChI is InChI=1S/C23H21F2N3O5S/c1-28-12-17(15-7-8-26-22(15)23(28)29)16-9-13(21(32-2)11-27-34(30)31)3-5-19(16)33-20-6-4-14(24)10-18(20)25/h3-10,12,21,26-27H,11H2,1-2H3,(H,30,31). The van der Waals surface area contributed by atoms with Crippen molar-refractivity contribution in [1.82, 2.24) is 14.3 Å². The summed E-state index contributed by atoms with van der Waals surface area (Å²) < 4.78 is 62.9. The first-order valence-electron chi connectivity index (χ1n) is 10.1. The predicted octanol–water partition coefficient (Wildman–Crippen LogP) is 4.02. The van der Waals surface area contributed by atoms with Crippen molar-refractivity contribution in [3.63, 3.8) is 0 Å². The molecule has 0 aliphatic rings. The van der Waals surface area contributed by atoms with Crippen LogP contribution in [-0.4, -0.2) is 32.0 Å². The average Bonchev–Trinajstić information content (AvgIpc) is 3.29. The Morgan fingerprint density at radius 2 is 1.91 bits per heavy atom. The number of hydrogen-bond donors (Lipinski definition) is 3. The minimum absolute atomic E-state index is 0.0404. The first kappa shape index (κ1) is 23.8. The number of aromatic nitrogens is 2. The molecule has 0 spiro atoms. The molecule has 2 aromatic heterocycles. The van der Waals surface area contributed by atoms with Crippen molar-refractivity contribution >= 4 is 22.2 Å². The van der Waals surface area contributed by atoms with Crippen molar-refractivity contribution in [1.29, 1.82) is 0 Å². The second-order valence-corrected chi connectivity index (χ2v) is 8.27. The fraction of sp³-hybridized carbons (Fsp3) is 0.174. The van der Waals surface area contributed by atoms with Crippen LogP contribution in [0.5, 0.6) is 11.5 Å². The van der Waals surface area contributed by atoms with Crippen molar-refractivity contribution in [2.45, 2.75) is 6.10 Å². The van der Waals surface area contributed by atoms with Crippen LogP contribution in [0.2, 0.25) is 0 Å². The Bertz CT molecular complexity index is 1440. The molecule has 0 fully saturated rings. The highest BCUT2D eigenvalue weighted by Gasteiger charge is 2.20. The summed E-state index contributed by atoms with van der Waals surface area (Å²) in [6.07, 6.45) is 2.67. The van der Waals surface area contributed by atoms with Gasteiger partial charge in [0.1, 0.15) is 17.1 Å². The summed E-state index contributed by atoms with van der Waals surface area (Å²) in [5, 5.41) is 0.619. The molecule has 2 aromatic carbocycles. The van der Waals surface area contributed by atoms with Crippen LogP contribution in [0.15, 0.2) is 59.7 Å². The number of pyridine rings is 1. The summed E-state index contributed by atoms with van der Waals surface area (Å²) in [5.74, 6) is -1.52. The molecule has 8 nitrogen and oxygen atoms in total. The number of nitrogens with one attached hydrogen (secondary N) is 2. The van der Waals surface area contributed by atoms with Crippen LogP contribution in [0.1, 0.15) is 11.7 Å². The maximum atomic E-state index is 14.3. The van der Waals surface area contributed by atoms with Crippen LogP contribution in [0, 0.1) is 11.6 Å². The first-order chi connectivity index (χ1) is 16.3. The summed E-state index contributed by atoms with van der Waals surface area (Å²) in [4.78, 5) is 15.5. The second-order valence-electron chi connectivity index (χ2n) is 7.48. The van der Waals surface area contributed by atoms with Gasteiger partial charge in [-0.15, -0.1) is 0 Å². The van der Waals surface area contributed by atoms with E-state index < -0.39 is 29.0 Å². The molecule has 3 N–H and O–H groups in total. The highest BCUT2D eigenvalue weighted by atomic mass is 32.2. The molecule has 0 bridgehead atoms. The van der Waals surface area contributed by atoms with Crippen LogP contribution in [0.4, 0.5) is 8.78 Å². The molecule has 11 heteroatoms. The number of benzene rings is 2. The van der Waals surface area contributed by atoms with E-state index in [1.807, 2.05) is 0 Å². The van der Waals surface area contributed by atoms with E-state index in [2.05, 4.69) is 9.71 Å². The first-order valence-corrected chi connectivity index (χ1v) is 11.2. The largest absolute Gasteiger partial charge is 0.454 e. The SMILES string of the molecule is COC(CNS(=O)O)c1ccc(Oc2ccc(F)cc2F)c(-c2cn(C)c(=O)c3[nH]ccc23)c1. The van der Waals surface area contributed by atoms with Gasteiger partial charge in [0.2, 0.25) is 11.3 Å². The van der Waals surface area contributed by atoms with Crippen LogP contribution in [0.25, 0.3) is 22.0 Å². The number of halogens is 2. The molecular weight excluding hydrogens is 468 g/mol. The third kappa shape index (κ3) is 4.77. The summed E-state index contributed by atoms with van der Waals surface area (Å²) in [6.45, 7) is 0.0404. The number of fused-ring (bicyclic) bond motifs is 1. The van der Waals surface area contributed by atoms with Crippen molar-refractivity contribution in [2.24, 2.45) is 7.05 Å². The fourth-order valence-electron chi connectivity index (χ4n) is 3.69. The number of hydrogen-bond acceptors (Lipinski definition) is 4. The molecule has 2 unspecified atom stereocenters. The lowest BCUT2D eigenvalue weighted by Crippen LogP contribution is -2.24. The zero-order valence-electron chi connectivity index (χ0n) is 18.2. The van der Waals surface area contributed by atoms with E-state index in [-0.39, 0.29) is 23.6 Å². The van der Waals surface area contributed by atoms with Gasteiger partial charge in [-0.1, -0.05) is 6.07 Å². The van der Waals surface area contributed by atoms with Gasteiger partial charge in [-0.2, -0.15) is 0 Å². The van der Waals surface area contributed by atoms with Gasteiger partial charge in [0, 0.05) is 55.7 Å². The van der Waals surface area contributed by atoms with Gasteiger partial charge in [-0.25, -0.2) is 17.7 Å². The van der Waals surface area contributed by atoms with Crippen LogP contribution < -0.4 is 15.0 Å². The van der Waals surface area contributed by atoms with E-state index in [0.29, 0.717) is 27.6 Å². The molecule has 0 aliphatic heterocycles. The average molecular weight is 490 g/mol. The van der Waals surface area contributed by atoms with Gasteiger partial charge in [0.15, 0.2) is 11.6 Å². The fourth-order valence-corrected chi connectivity index (χ4v) is 3.99. The van der Waals surface area contributed by atoms with Gasteiger partial charge in [-0.05, 0) is 35.9 Å². The molecule has 2 atom stereocenters. The molecule has 34 heavy (non-hydrogen) atoms. The van der Waals surface area contributed by atoms with Crippen molar-refractivity contribution in [2.75, 3.05) is 13.7 Å². The van der Waals surface area contributed by atoms with E-state index in [9.17, 15) is 17.8 Å². The van der Waals surface area contributed by atoms with Crippen molar-refractivity contribution < 1.29 is 27.0 Å². The third-order valence-electron chi connectivity index (χ3n) is 5.35. The molecule has 0 aliphatic carbocycles. The van der Waals surface area contributed by atoms with Gasteiger partial charge in [-0.3, -0.25) is 9.35 Å². The normalized spacial score (nSPS) is 13.2. The lowest BCUT2D eigenvalue weighted by Gasteiger charge is -2.19. The maximum absolute atomic E-state index is 14.3. The summed E-state index contributed by atoms with van der Waals surface area (Å²) in [7, 11) is 3.07. The van der Waals surface area contributed by atoms with E-state index >= 15 is 0 Å². The number of nitrogens with zero attached hydrogens (tertiary/aromatic N) is 1. The highest BCUT2D eigenvalue weighted by molar-refractivity contribution is 7.77. The Morgan fingerprint density at radius 1 is 1.15 bits per heavy atom. The van der Waals surface area contributed by atoms with Gasteiger partial charge < -0.3 is 19.0 Å². The van der Waals surface area contributed by atoms with E-state index in [4.69, 9.17) is 14.0 Å². The second kappa shape index (κ2) is 9.85. The number of aryl methyl sites for hydroxylation is 1. The van der Waals surface area contributed by atoms with E-state index in [1.54, 1.807) is 43.7 Å². The molecule has 4 rings (SSSR count). The Labute approximate surface area is 195 Å². The Kier molecular flexibility index (Phi) is 6.89. The number of rotatable bonds is 8. The van der Waals surface area contributed by atoms with Gasteiger partial charge in [0.25, 0.3) is 5.56 Å². The number of aromatic amines is 1. The Balaban J connectivity index is 1.89. The summed E-state index contributed by atoms with van der Waals surface area (Å²) >= 11 is -2.23. The topological polar surface area (TPSA) is 106 Å². The number of H-pyrrole nitrogens is 1. The molecular formula is C23H21F2N3O5S. The molecule has 0 saturated heterocycles. The quantitative estimate of drug-likeness (QED) is 0.324. The Hall–Kier alpha value is -3.38. The number of methoxy groups -OCH3 is 1. The van der Waals surface area contributed by atoms with Gasteiger partial charge >= 0.3 is 0 Å². The zero-order valence-corrected chi connectivity index (χ0v) is 19.0. The third-order valence-corrected chi connectivity index (χ3v) is 5.76. The lowest BCUT2D eigenvalue weighted by atomic mass is 9.98. The predicted molar refractivity (Wildman–Crippen MR) is 124 cm³/mol. The van der Waals surface area contributed by atoms with Crippen LogP contribution in [-0.2, 0) is 23.1 Å². The minimum atomic E-state index is -2.23. The van der Waals surface area contributed by atoms with Gasteiger partial charge in [0.05, 0.1) is 6.10 Å². The van der Waals surface area contributed by atoms with Crippen LogP contribution >= 0.6 is 0 Å². The summed E-state index contributed by atoms with van der Waals surface area (Å²) in [5.41, 5.74) is 1.92. The lowest BCUT2D eigenvalue weighted by molar-refractivity contribution is 0.107. The monoisotopic (exact) mass is 489 g/mol. The molecule has 0 radical (unpaired) electrons. The smallest absolute Gasteiger partial charge is 0.274 e. The molecule has 0 saturated carbocycles. The Morgan fingerprint density at radius 3 is 2.62 bits per heavy atom. The summed E-state index contributed by atoms with van der Waals surface area (Å²) in [6, 6.07) is 9.75. The van der Waals surface area contributed by atoms with Crippen LogP contribution in [0.3, 0.4) is 0 Å². The maximum Gasteiger partial charge on any atom is 0.274 e. The minimum Gasteiger partial charge on any atom is -0.454 e.